The molecule has 4 aromatic rings. The second-order valence-corrected chi connectivity index (χ2v) is 10.00. The minimum atomic E-state index is -0.000186. The maximum Gasteiger partial charge on any atom is 0.270 e. The zero-order valence-electron chi connectivity index (χ0n) is 20.7. The molecule has 192 valence electrons. The number of nitrogens with one attached hydrogen (secondary N) is 2. The van der Waals surface area contributed by atoms with Crippen molar-refractivity contribution < 1.29 is 9.53 Å². The summed E-state index contributed by atoms with van der Waals surface area (Å²) in [5, 5.41) is 4.59. The van der Waals surface area contributed by atoms with Crippen LogP contribution in [0.1, 0.15) is 23.3 Å². The van der Waals surface area contributed by atoms with Crippen LogP contribution in [0.4, 0.5) is 11.6 Å². The van der Waals surface area contributed by atoms with Gasteiger partial charge >= 0.3 is 0 Å². The number of imidazole rings is 1. The van der Waals surface area contributed by atoms with Gasteiger partial charge in [-0.2, -0.15) is 0 Å². The highest BCUT2D eigenvalue weighted by molar-refractivity contribution is 6.35. The van der Waals surface area contributed by atoms with Gasteiger partial charge in [0.2, 0.25) is 5.95 Å². The number of H-pyrrole nitrogens is 1. The number of carbonyl (C=O) groups excluding carboxylic acids is 1. The number of hydrogen-bond acceptors (Lipinski definition) is 7. The maximum absolute atomic E-state index is 13.3. The number of fused-ring (bicyclic) bond motifs is 1. The number of nitrogens with zero attached hydrogens (tertiary/aromatic N) is 6. The van der Waals surface area contributed by atoms with Crippen molar-refractivity contribution in [2.45, 2.75) is 18.9 Å². The largest absolute Gasteiger partial charge is 0.381 e. The van der Waals surface area contributed by atoms with Gasteiger partial charge in [-0.3, -0.25) is 9.69 Å². The van der Waals surface area contributed by atoms with Crippen molar-refractivity contribution in [2.24, 2.45) is 7.05 Å². The highest BCUT2D eigenvalue weighted by Crippen LogP contribution is 2.30. The first-order valence-electron chi connectivity index (χ1n) is 12.6. The third kappa shape index (κ3) is 5.04. The van der Waals surface area contributed by atoms with E-state index in [4.69, 9.17) is 16.3 Å². The molecule has 6 rings (SSSR count). The van der Waals surface area contributed by atoms with Gasteiger partial charge in [-0.1, -0.05) is 11.6 Å². The molecule has 0 unspecified atom stereocenters. The van der Waals surface area contributed by atoms with Crippen LogP contribution in [0.3, 0.4) is 0 Å². The predicted molar refractivity (Wildman–Crippen MR) is 142 cm³/mol. The zero-order valence-corrected chi connectivity index (χ0v) is 21.4. The number of rotatable bonds is 5. The Hall–Kier alpha value is -3.47. The van der Waals surface area contributed by atoms with E-state index < -0.39 is 0 Å². The van der Waals surface area contributed by atoms with Crippen LogP contribution >= 0.6 is 11.6 Å². The van der Waals surface area contributed by atoms with Crippen LogP contribution in [0.2, 0.25) is 5.02 Å². The summed E-state index contributed by atoms with van der Waals surface area (Å²) in [5.74, 6) is 0.438. The lowest BCUT2D eigenvalue weighted by molar-refractivity contribution is 0.0136. The molecule has 0 aliphatic carbocycles. The summed E-state index contributed by atoms with van der Waals surface area (Å²) < 4.78 is 7.36. The molecule has 10 nitrogen and oxygen atoms in total. The Kier molecular flexibility index (Phi) is 6.54. The van der Waals surface area contributed by atoms with Crippen LogP contribution < -0.4 is 5.32 Å². The average molecular weight is 521 g/mol. The molecule has 0 spiro atoms. The Bertz CT molecular complexity index is 1420. The van der Waals surface area contributed by atoms with Crippen LogP contribution in [0.25, 0.3) is 22.3 Å². The first-order chi connectivity index (χ1) is 18.0. The van der Waals surface area contributed by atoms with E-state index in [9.17, 15) is 4.79 Å². The number of halogens is 1. The van der Waals surface area contributed by atoms with E-state index in [0.29, 0.717) is 22.7 Å². The predicted octanol–water partition coefficient (Wildman–Crippen LogP) is 3.69. The number of aryl methyl sites for hydroxylation is 1. The molecule has 3 aromatic heterocycles. The quantitative estimate of drug-likeness (QED) is 0.413. The van der Waals surface area contributed by atoms with Gasteiger partial charge in [0.25, 0.3) is 5.91 Å². The third-order valence-electron chi connectivity index (χ3n) is 7.10. The number of anilines is 2. The number of ether oxygens (including phenoxy) is 1. The lowest BCUT2D eigenvalue weighted by atomic mass is 10.1. The molecule has 11 heteroatoms. The first-order valence-corrected chi connectivity index (χ1v) is 12.9. The standard InChI is InChI=1S/C26H29ClN8O2/c1-33-15-23(29-16-33)21-2-5-28-26(32-21)30-18-12-17-13-22(31-24(17)20(27)14-18)25(36)35-8-6-34(7-9-35)19-3-10-37-11-4-19/h2,5,12-16,19,31H,3-4,6-11H2,1H3,(H,28,30,32). The number of benzene rings is 1. The fraction of sp³-hybridized carbons (Fsp3) is 0.385. The van der Waals surface area contributed by atoms with Gasteiger partial charge < -0.3 is 24.5 Å². The van der Waals surface area contributed by atoms with Crippen molar-refractivity contribution >= 4 is 40.0 Å². The summed E-state index contributed by atoms with van der Waals surface area (Å²) in [7, 11) is 1.91. The minimum Gasteiger partial charge on any atom is -0.381 e. The molecular weight excluding hydrogens is 492 g/mol. The number of amides is 1. The SMILES string of the molecule is Cn1cnc(-c2ccnc(Nc3cc(Cl)c4[nH]c(C(=O)N5CCN(C6CCOCC6)CC5)cc4c3)n2)c1. The minimum absolute atomic E-state index is 0.000186. The fourth-order valence-electron chi connectivity index (χ4n) is 5.13. The van der Waals surface area contributed by atoms with E-state index in [1.54, 1.807) is 18.6 Å². The molecule has 37 heavy (non-hydrogen) atoms. The summed E-state index contributed by atoms with van der Waals surface area (Å²) in [5.41, 5.74) is 3.50. The highest BCUT2D eigenvalue weighted by Gasteiger charge is 2.28. The molecule has 2 fully saturated rings. The highest BCUT2D eigenvalue weighted by atomic mass is 35.5. The first kappa shape index (κ1) is 23.9. The molecule has 2 saturated heterocycles. The number of hydrogen-bond donors (Lipinski definition) is 2. The molecule has 0 saturated carbocycles. The van der Waals surface area contributed by atoms with Crippen LogP contribution in [0.15, 0.2) is 43.0 Å². The maximum atomic E-state index is 13.3. The Morgan fingerprint density at radius 2 is 1.92 bits per heavy atom. The van der Waals surface area contributed by atoms with E-state index in [0.717, 1.165) is 80.2 Å². The second kappa shape index (κ2) is 10.1. The Morgan fingerprint density at radius 3 is 2.68 bits per heavy atom. The number of carbonyl (C=O) groups is 1. The van der Waals surface area contributed by atoms with Gasteiger partial charge in [-0.25, -0.2) is 15.0 Å². The van der Waals surface area contributed by atoms with Crippen molar-refractivity contribution in [3.05, 3.63) is 53.7 Å². The van der Waals surface area contributed by atoms with Crippen molar-refractivity contribution in [1.29, 1.82) is 0 Å². The third-order valence-corrected chi connectivity index (χ3v) is 7.40. The smallest absolute Gasteiger partial charge is 0.270 e. The molecule has 2 aliphatic heterocycles. The fourth-order valence-corrected chi connectivity index (χ4v) is 5.41. The zero-order chi connectivity index (χ0) is 25.4. The summed E-state index contributed by atoms with van der Waals surface area (Å²) in [6.07, 6.45) is 7.47. The monoisotopic (exact) mass is 520 g/mol. The molecule has 2 N–H and O–H groups in total. The topological polar surface area (TPSA) is 104 Å². The summed E-state index contributed by atoms with van der Waals surface area (Å²) in [4.78, 5) is 34.2. The molecular formula is C26H29ClN8O2. The van der Waals surface area contributed by atoms with E-state index in [-0.39, 0.29) is 5.91 Å². The van der Waals surface area contributed by atoms with Crippen LogP contribution in [-0.2, 0) is 11.8 Å². The van der Waals surface area contributed by atoms with Gasteiger partial charge in [0, 0.05) is 75.9 Å². The molecule has 1 aromatic carbocycles. The molecule has 0 bridgehead atoms. The Balaban J connectivity index is 1.16. The summed E-state index contributed by atoms with van der Waals surface area (Å²) in [6.45, 7) is 4.88. The van der Waals surface area contributed by atoms with Crippen molar-refractivity contribution in [3.8, 4) is 11.4 Å². The van der Waals surface area contributed by atoms with Gasteiger partial charge in [0.05, 0.1) is 22.6 Å². The molecule has 0 radical (unpaired) electrons. The molecule has 1 amide bonds. The molecule has 0 atom stereocenters. The van der Waals surface area contributed by atoms with E-state index in [1.165, 1.54) is 0 Å². The molecule has 2 aliphatic rings. The van der Waals surface area contributed by atoms with Crippen LogP contribution in [0, 0.1) is 0 Å². The van der Waals surface area contributed by atoms with E-state index >= 15 is 0 Å². The van der Waals surface area contributed by atoms with Crippen LogP contribution in [-0.4, -0.2) is 85.6 Å². The van der Waals surface area contributed by atoms with Crippen molar-refractivity contribution in [1.82, 2.24) is 34.3 Å². The Morgan fingerprint density at radius 1 is 1.11 bits per heavy atom. The van der Waals surface area contributed by atoms with Gasteiger partial charge in [-0.15, -0.1) is 0 Å². The lowest BCUT2D eigenvalue weighted by Crippen LogP contribution is -2.53. The normalized spacial score (nSPS) is 17.4. The Labute approximate surface area is 219 Å². The number of aromatic nitrogens is 5. The number of piperazine rings is 1. The summed E-state index contributed by atoms with van der Waals surface area (Å²) >= 11 is 6.60. The van der Waals surface area contributed by atoms with E-state index in [1.807, 2.05) is 40.9 Å². The molecule has 5 heterocycles. The van der Waals surface area contributed by atoms with E-state index in [2.05, 4.69) is 30.2 Å². The van der Waals surface area contributed by atoms with Crippen molar-refractivity contribution in [2.75, 3.05) is 44.7 Å². The summed E-state index contributed by atoms with van der Waals surface area (Å²) in [6, 6.07) is 7.99. The van der Waals surface area contributed by atoms with Gasteiger partial charge in [0.1, 0.15) is 11.4 Å². The number of aromatic amines is 1. The lowest BCUT2D eigenvalue weighted by Gasteiger charge is -2.40. The van der Waals surface area contributed by atoms with Crippen LogP contribution in [0.5, 0.6) is 0 Å². The second-order valence-electron chi connectivity index (χ2n) is 9.59. The average Bonchev–Trinajstić information content (AvgIpc) is 3.56. The van der Waals surface area contributed by atoms with Crippen molar-refractivity contribution in [3.63, 3.8) is 0 Å². The van der Waals surface area contributed by atoms with Gasteiger partial charge in [-0.05, 0) is 37.1 Å². The van der Waals surface area contributed by atoms with Gasteiger partial charge in [0.15, 0.2) is 0 Å².